The number of rotatable bonds is 5. The average Bonchev–Trinajstić information content (AvgIpc) is 3.10. The van der Waals surface area contributed by atoms with Crippen molar-refractivity contribution >= 4 is 32.3 Å². The molecule has 2 aliphatic rings. The third-order valence-corrected chi connectivity index (χ3v) is 8.87. The summed E-state index contributed by atoms with van der Waals surface area (Å²) in [5, 5.41) is 13.0. The molecular formula is C23H27N3O3S2. The van der Waals surface area contributed by atoms with Gasteiger partial charge < -0.3 is 5.32 Å². The van der Waals surface area contributed by atoms with Crippen LogP contribution in [0.3, 0.4) is 0 Å². The minimum absolute atomic E-state index is 0.0470. The molecule has 4 rings (SSSR count). The van der Waals surface area contributed by atoms with Gasteiger partial charge in [0.25, 0.3) is 5.91 Å². The molecule has 6 nitrogen and oxygen atoms in total. The first-order valence-corrected chi connectivity index (χ1v) is 13.2. The molecule has 0 bridgehead atoms. The predicted octanol–water partition coefficient (Wildman–Crippen LogP) is 4.61. The van der Waals surface area contributed by atoms with E-state index in [4.69, 9.17) is 0 Å². The number of carbonyl (C=O) groups excluding carboxylic acids is 1. The van der Waals surface area contributed by atoms with Crippen molar-refractivity contribution < 1.29 is 13.2 Å². The zero-order chi connectivity index (χ0) is 22.0. The highest BCUT2D eigenvalue weighted by Gasteiger charge is 2.26. The predicted molar refractivity (Wildman–Crippen MR) is 122 cm³/mol. The van der Waals surface area contributed by atoms with Crippen molar-refractivity contribution in [2.45, 2.75) is 69.2 Å². The molecule has 1 aromatic carbocycles. The maximum atomic E-state index is 12.9. The van der Waals surface area contributed by atoms with E-state index in [1.54, 1.807) is 12.1 Å². The van der Waals surface area contributed by atoms with E-state index in [0.29, 0.717) is 16.5 Å². The van der Waals surface area contributed by atoms with Crippen molar-refractivity contribution in [2.24, 2.45) is 5.92 Å². The molecule has 2 aromatic rings. The van der Waals surface area contributed by atoms with Crippen LogP contribution in [0.25, 0.3) is 0 Å². The highest BCUT2D eigenvalue weighted by atomic mass is 32.2. The number of nitrogens with zero attached hydrogens (tertiary/aromatic N) is 1. The number of nitrogens with one attached hydrogen (secondary N) is 2. The van der Waals surface area contributed by atoms with Crippen molar-refractivity contribution in [3.05, 3.63) is 45.8 Å². The molecule has 0 unspecified atom stereocenters. The molecule has 1 amide bonds. The van der Waals surface area contributed by atoms with Crippen LogP contribution < -0.4 is 10.0 Å². The Labute approximate surface area is 187 Å². The molecule has 31 heavy (non-hydrogen) atoms. The molecule has 0 spiro atoms. The summed E-state index contributed by atoms with van der Waals surface area (Å²) in [6.07, 6.45) is 7.71. The second-order valence-electron chi connectivity index (χ2n) is 8.61. The largest absolute Gasteiger partial charge is 0.312 e. The van der Waals surface area contributed by atoms with Crippen LogP contribution >= 0.6 is 11.3 Å². The Bertz CT molecular complexity index is 1130. The van der Waals surface area contributed by atoms with Gasteiger partial charge in [-0.1, -0.05) is 32.3 Å². The molecule has 1 fully saturated rings. The maximum Gasteiger partial charge on any atom is 0.256 e. The molecule has 0 saturated heterocycles. The molecule has 164 valence electrons. The Morgan fingerprint density at radius 2 is 1.97 bits per heavy atom. The Balaban J connectivity index is 1.53. The average molecular weight is 458 g/mol. The number of hydrogen-bond donors (Lipinski definition) is 2. The fourth-order valence-electron chi connectivity index (χ4n) is 4.44. The zero-order valence-electron chi connectivity index (χ0n) is 17.6. The number of thiophene rings is 1. The molecule has 2 aliphatic carbocycles. The lowest BCUT2D eigenvalue weighted by Gasteiger charge is -2.22. The van der Waals surface area contributed by atoms with Gasteiger partial charge >= 0.3 is 0 Å². The van der Waals surface area contributed by atoms with Crippen LogP contribution in [0, 0.1) is 17.2 Å². The fraction of sp³-hybridized carbons (Fsp3) is 0.478. The number of fused-ring (bicyclic) bond motifs is 1. The summed E-state index contributed by atoms with van der Waals surface area (Å²) >= 11 is 1.46. The number of hydrogen-bond acceptors (Lipinski definition) is 5. The molecule has 2 N–H and O–H groups in total. The van der Waals surface area contributed by atoms with Gasteiger partial charge in [-0.25, -0.2) is 13.1 Å². The summed E-state index contributed by atoms with van der Waals surface area (Å²) in [6.45, 7) is 2.19. The van der Waals surface area contributed by atoms with Gasteiger partial charge in [0.2, 0.25) is 10.0 Å². The molecule has 0 aliphatic heterocycles. The van der Waals surface area contributed by atoms with Gasteiger partial charge in [0.05, 0.1) is 10.5 Å². The van der Waals surface area contributed by atoms with Crippen molar-refractivity contribution in [3.8, 4) is 6.07 Å². The molecule has 1 atom stereocenters. The summed E-state index contributed by atoms with van der Waals surface area (Å²) in [5.41, 5.74) is 1.85. The van der Waals surface area contributed by atoms with Crippen LogP contribution in [0.2, 0.25) is 0 Å². The highest BCUT2D eigenvalue weighted by Crippen LogP contribution is 2.39. The molecule has 1 aromatic heterocycles. The SMILES string of the molecule is C[C@@H]1CCc2c(sc(NC(=O)c3cccc(S(=O)(=O)NC4CCCCC4)c3)c2C#N)C1. The number of carbonyl (C=O) groups is 1. The Kier molecular flexibility index (Phi) is 6.47. The lowest BCUT2D eigenvalue weighted by Crippen LogP contribution is -2.36. The Hall–Kier alpha value is -2.21. The minimum atomic E-state index is -3.69. The lowest BCUT2D eigenvalue weighted by molar-refractivity contribution is 0.102. The Morgan fingerprint density at radius 3 is 2.71 bits per heavy atom. The van der Waals surface area contributed by atoms with Crippen LogP contribution in [0.15, 0.2) is 29.2 Å². The summed E-state index contributed by atoms with van der Waals surface area (Å²) in [7, 11) is -3.69. The normalized spacial score (nSPS) is 19.4. The maximum absolute atomic E-state index is 12.9. The first-order chi connectivity index (χ1) is 14.9. The molecule has 1 heterocycles. The Morgan fingerprint density at radius 1 is 1.19 bits per heavy atom. The van der Waals surface area contributed by atoms with Gasteiger partial charge in [0.15, 0.2) is 0 Å². The van der Waals surface area contributed by atoms with E-state index < -0.39 is 15.9 Å². The summed E-state index contributed by atoms with van der Waals surface area (Å²) in [6, 6.07) is 8.29. The number of sulfonamides is 1. The van der Waals surface area contributed by atoms with Crippen molar-refractivity contribution in [2.75, 3.05) is 5.32 Å². The van der Waals surface area contributed by atoms with Crippen LogP contribution in [0.5, 0.6) is 0 Å². The molecular weight excluding hydrogens is 430 g/mol. The third kappa shape index (κ3) is 4.84. The second-order valence-corrected chi connectivity index (χ2v) is 11.4. The fourth-order valence-corrected chi connectivity index (χ4v) is 7.15. The number of nitriles is 1. The van der Waals surface area contributed by atoms with E-state index >= 15 is 0 Å². The van der Waals surface area contributed by atoms with Crippen molar-refractivity contribution in [3.63, 3.8) is 0 Å². The third-order valence-electron chi connectivity index (χ3n) is 6.18. The first-order valence-electron chi connectivity index (χ1n) is 10.9. The lowest BCUT2D eigenvalue weighted by atomic mass is 9.88. The number of benzene rings is 1. The van der Waals surface area contributed by atoms with E-state index in [-0.39, 0.29) is 16.5 Å². The van der Waals surface area contributed by atoms with Crippen LogP contribution in [-0.4, -0.2) is 20.4 Å². The molecule has 0 radical (unpaired) electrons. The summed E-state index contributed by atoms with van der Waals surface area (Å²) < 4.78 is 28.4. The minimum Gasteiger partial charge on any atom is -0.312 e. The quantitative estimate of drug-likeness (QED) is 0.685. The van der Waals surface area contributed by atoms with Gasteiger partial charge in [0, 0.05) is 16.5 Å². The van der Waals surface area contributed by atoms with E-state index in [1.807, 2.05) is 0 Å². The van der Waals surface area contributed by atoms with Crippen molar-refractivity contribution in [1.82, 2.24) is 4.72 Å². The zero-order valence-corrected chi connectivity index (χ0v) is 19.2. The second kappa shape index (κ2) is 9.11. The highest BCUT2D eigenvalue weighted by molar-refractivity contribution is 7.89. The van der Waals surface area contributed by atoms with Crippen molar-refractivity contribution in [1.29, 1.82) is 5.26 Å². The van der Waals surface area contributed by atoms with Gasteiger partial charge in [-0.3, -0.25) is 4.79 Å². The smallest absolute Gasteiger partial charge is 0.256 e. The summed E-state index contributed by atoms with van der Waals surface area (Å²) in [4.78, 5) is 14.2. The molecule has 8 heteroatoms. The van der Waals surface area contributed by atoms with Crippen LogP contribution in [0.4, 0.5) is 5.00 Å². The van der Waals surface area contributed by atoms with E-state index in [1.165, 1.54) is 28.3 Å². The monoisotopic (exact) mass is 457 g/mol. The number of amides is 1. The first kappa shape index (κ1) is 22.0. The standard InChI is InChI=1S/C23H27N3O3S2/c1-15-10-11-19-20(14-24)23(30-21(19)12-15)25-22(27)16-6-5-9-18(13-16)31(28,29)26-17-7-3-2-4-8-17/h5-6,9,13,15,17,26H,2-4,7-8,10-12H2,1H3,(H,25,27)/t15-/m1/s1. The van der Waals surface area contributed by atoms with Gasteiger partial charge in [-0.15, -0.1) is 11.3 Å². The van der Waals surface area contributed by atoms with E-state index in [2.05, 4.69) is 23.0 Å². The molecule has 1 saturated carbocycles. The summed E-state index contributed by atoms with van der Waals surface area (Å²) in [5.74, 6) is 0.164. The van der Waals surface area contributed by atoms with Crippen LogP contribution in [-0.2, 0) is 22.9 Å². The number of anilines is 1. The van der Waals surface area contributed by atoms with Crippen LogP contribution in [0.1, 0.15) is 71.8 Å². The van der Waals surface area contributed by atoms with E-state index in [0.717, 1.165) is 56.9 Å². The van der Waals surface area contributed by atoms with Gasteiger partial charge in [0.1, 0.15) is 11.1 Å². The van der Waals surface area contributed by atoms with Gasteiger partial charge in [-0.2, -0.15) is 5.26 Å². The van der Waals surface area contributed by atoms with Gasteiger partial charge in [-0.05, 0) is 61.8 Å². The van der Waals surface area contributed by atoms with E-state index in [9.17, 15) is 18.5 Å². The topological polar surface area (TPSA) is 99.1 Å².